The Balaban J connectivity index is 2.13. The van der Waals surface area contributed by atoms with Crippen LogP contribution >= 0.6 is 0 Å². The predicted molar refractivity (Wildman–Crippen MR) is 47.4 cm³/mol. The molecular formula is C9H14N2O3. The van der Waals surface area contributed by atoms with E-state index >= 15 is 0 Å². The summed E-state index contributed by atoms with van der Waals surface area (Å²) in [6, 6.07) is 0. The summed E-state index contributed by atoms with van der Waals surface area (Å²) in [5, 5.41) is 13.0. The van der Waals surface area contributed by atoms with Crippen molar-refractivity contribution in [3.8, 4) is 0 Å². The van der Waals surface area contributed by atoms with E-state index in [1.807, 2.05) is 0 Å². The van der Waals surface area contributed by atoms with Gasteiger partial charge in [-0.2, -0.15) is 4.98 Å². The molecule has 1 heterocycles. The first kappa shape index (κ1) is 9.61. The Hall–Kier alpha value is -0.940. The molecule has 0 spiro atoms. The van der Waals surface area contributed by atoms with E-state index in [1.165, 1.54) is 0 Å². The number of rotatable bonds is 4. The van der Waals surface area contributed by atoms with E-state index in [2.05, 4.69) is 10.1 Å². The monoisotopic (exact) mass is 198 g/mol. The fourth-order valence-electron chi connectivity index (χ4n) is 1.44. The molecular weight excluding hydrogens is 184 g/mol. The summed E-state index contributed by atoms with van der Waals surface area (Å²) in [5.74, 6) is 1.31. The minimum absolute atomic E-state index is 0.0775. The summed E-state index contributed by atoms with van der Waals surface area (Å²) in [7, 11) is 1.64. The second-order valence-corrected chi connectivity index (χ2v) is 3.66. The summed E-state index contributed by atoms with van der Waals surface area (Å²) in [6.07, 6.45) is 1.51. The lowest BCUT2D eigenvalue weighted by Crippen LogP contribution is -2.06. The molecule has 0 saturated heterocycles. The molecule has 1 aliphatic rings. The van der Waals surface area contributed by atoms with Gasteiger partial charge in [-0.25, -0.2) is 0 Å². The molecule has 1 aromatic heterocycles. The lowest BCUT2D eigenvalue weighted by molar-refractivity contribution is 0.0750. The standard InChI is InChI=1S/C9H14N2O3/c1-5(12)9-10-8(11-14-9)7(13-2)6-3-4-6/h5-7,12H,3-4H2,1-2H3/t5-,7?/m0/s1. The van der Waals surface area contributed by atoms with Gasteiger partial charge in [0.15, 0.2) is 0 Å². The largest absolute Gasteiger partial charge is 0.384 e. The maximum absolute atomic E-state index is 9.21. The highest BCUT2D eigenvalue weighted by atomic mass is 16.5. The highest BCUT2D eigenvalue weighted by Crippen LogP contribution is 2.41. The zero-order valence-electron chi connectivity index (χ0n) is 8.30. The third kappa shape index (κ3) is 1.78. The predicted octanol–water partition coefficient (Wildman–Crippen LogP) is 1.22. The van der Waals surface area contributed by atoms with Crippen LogP contribution < -0.4 is 0 Å². The van der Waals surface area contributed by atoms with E-state index in [0.717, 1.165) is 12.8 Å². The van der Waals surface area contributed by atoms with Crippen LogP contribution in [0.25, 0.3) is 0 Å². The number of hydrogen-bond acceptors (Lipinski definition) is 5. The second-order valence-electron chi connectivity index (χ2n) is 3.66. The first-order chi connectivity index (χ1) is 6.72. The summed E-state index contributed by atoms with van der Waals surface area (Å²) in [5.41, 5.74) is 0. The van der Waals surface area contributed by atoms with E-state index in [-0.39, 0.29) is 12.0 Å². The Morgan fingerprint density at radius 3 is 2.71 bits per heavy atom. The van der Waals surface area contributed by atoms with E-state index in [4.69, 9.17) is 9.26 Å². The van der Waals surface area contributed by atoms with Crippen LogP contribution in [-0.4, -0.2) is 22.4 Å². The summed E-state index contributed by atoms with van der Waals surface area (Å²) >= 11 is 0. The fourth-order valence-corrected chi connectivity index (χ4v) is 1.44. The Labute approximate surface area is 82.1 Å². The van der Waals surface area contributed by atoms with Crippen LogP contribution in [0.4, 0.5) is 0 Å². The van der Waals surface area contributed by atoms with Crippen LogP contribution in [0.2, 0.25) is 0 Å². The molecule has 1 aliphatic carbocycles. The van der Waals surface area contributed by atoms with Crippen molar-refractivity contribution in [3.05, 3.63) is 11.7 Å². The SMILES string of the molecule is COC(c1noc([C@H](C)O)n1)C1CC1. The molecule has 0 aromatic carbocycles. The van der Waals surface area contributed by atoms with Gasteiger partial charge in [0.2, 0.25) is 5.82 Å². The van der Waals surface area contributed by atoms with Crippen molar-refractivity contribution in [2.75, 3.05) is 7.11 Å². The van der Waals surface area contributed by atoms with Gasteiger partial charge in [0.05, 0.1) is 0 Å². The fraction of sp³-hybridized carbons (Fsp3) is 0.778. The van der Waals surface area contributed by atoms with Gasteiger partial charge in [-0.3, -0.25) is 0 Å². The van der Waals surface area contributed by atoms with Crippen molar-refractivity contribution in [3.63, 3.8) is 0 Å². The summed E-state index contributed by atoms with van der Waals surface area (Å²) in [6.45, 7) is 1.59. The smallest absolute Gasteiger partial charge is 0.255 e. The highest BCUT2D eigenvalue weighted by Gasteiger charge is 2.35. The molecule has 2 atom stereocenters. The molecule has 1 saturated carbocycles. The van der Waals surface area contributed by atoms with Gasteiger partial charge in [-0.05, 0) is 25.7 Å². The van der Waals surface area contributed by atoms with E-state index < -0.39 is 6.10 Å². The lowest BCUT2D eigenvalue weighted by Gasteiger charge is -2.08. The molecule has 2 rings (SSSR count). The summed E-state index contributed by atoms with van der Waals surface area (Å²) in [4.78, 5) is 4.09. The Bertz CT molecular complexity index is 307. The maximum atomic E-state index is 9.21. The Morgan fingerprint density at radius 2 is 2.29 bits per heavy atom. The van der Waals surface area contributed by atoms with Gasteiger partial charge in [0.25, 0.3) is 5.89 Å². The zero-order chi connectivity index (χ0) is 10.1. The van der Waals surface area contributed by atoms with E-state index in [1.54, 1.807) is 14.0 Å². The quantitative estimate of drug-likeness (QED) is 0.787. The van der Waals surface area contributed by atoms with Crippen molar-refractivity contribution in [2.24, 2.45) is 5.92 Å². The second kappa shape index (κ2) is 3.67. The molecule has 1 fully saturated rings. The third-order valence-corrected chi connectivity index (χ3v) is 2.37. The zero-order valence-corrected chi connectivity index (χ0v) is 8.30. The van der Waals surface area contributed by atoms with Gasteiger partial charge < -0.3 is 14.4 Å². The number of hydrogen-bond donors (Lipinski definition) is 1. The number of aliphatic hydroxyl groups excluding tert-OH is 1. The van der Waals surface area contributed by atoms with E-state index in [0.29, 0.717) is 11.7 Å². The minimum atomic E-state index is -0.715. The number of nitrogens with zero attached hydrogens (tertiary/aromatic N) is 2. The lowest BCUT2D eigenvalue weighted by atomic mass is 10.2. The molecule has 14 heavy (non-hydrogen) atoms. The van der Waals surface area contributed by atoms with Gasteiger partial charge in [0, 0.05) is 7.11 Å². The molecule has 1 unspecified atom stereocenters. The van der Waals surface area contributed by atoms with Gasteiger partial charge in [-0.15, -0.1) is 0 Å². The molecule has 78 valence electrons. The van der Waals surface area contributed by atoms with Gasteiger partial charge >= 0.3 is 0 Å². The maximum Gasteiger partial charge on any atom is 0.255 e. The molecule has 5 heteroatoms. The molecule has 0 bridgehead atoms. The average Bonchev–Trinajstić information content (AvgIpc) is 2.84. The van der Waals surface area contributed by atoms with E-state index in [9.17, 15) is 5.11 Å². The normalized spacial score (nSPS) is 20.8. The van der Waals surface area contributed by atoms with Crippen molar-refractivity contribution in [2.45, 2.75) is 32.0 Å². The number of aliphatic hydroxyl groups is 1. The molecule has 1 aromatic rings. The van der Waals surface area contributed by atoms with Crippen LogP contribution in [0.5, 0.6) is 0 Å². The van der Waals surface area contributed by atoms with Crippen LogP contribution in [0, 0.1) is 5.92 Å². The highest BCUT2D eigenvalue weighted by molar-refractivity contribution is 4.98. The topological polar surface area (TPSA) is 68.4 Å². The van der Waals surface area contributed by atoms with Crippen molar-refractivity contribution >= 4 is 0 Å². The first-order valence-electron chi connectivity index (χ1n) is 4.76. The summed E-state index contributed by atoms with van der Waals surface area (Å²) < 4.78 is 10.2. The number of ether oxygens (including phenoxy) is 1. The molecule has 0 radical (unpaired) electrons. The van der Waals surface area contributed by atoms with Gasteiger partial charge in [0.1, 0.15) is 12.2 Å². The van der Waals surface area contributed by atoms with Crippen molar-refractivity contribution < 1.29 is 14.4 Å². The van der Waals surface area contributed by atoms with Gasteiger partial charge in [-0.1, -0.05) is 5.16 Å². The van der Waals surface area contributed by atoms with Crippen LogP contribution in [0.15, 0.2) is 4.52 Å². The minimum Gasteiger partial charge on any atom is -0.384 e. The molecule has 5 nitrogen and oxygen atoms in total. The van der Waals surface area contributed by atoms with Crippen molar-refractivity contribution in [1.82, 2.24) is 10.1 Å². The number of aromatic nitrogens is 2. The molecule has 0 aliphatic heterocycles. The van der Waals surface area contributed by atoms with Crippen molar-refractivity contribution in [1.29, 1.82) is 0 Å². The van der Waals surface area contributed by atoms with Crippen LogP contribution in [0.1, 0.15) is 43.7 Å². The first-order valence-corrected chi connectivity index (χ1v) is 4.76. The average molecular weight is 198 g/mol. The number of methoxy groups -OCH3 is 1. The third-order valence-electron chi connectivity index (χ3n) is 2.37. The molecule has 1 N–H and O–H groups in total. The molecule has 0 amide bonds. The van der Waals surface area contributed by atoms with Crippen LogP contribution in [0.3, 0.4) is 0 Å². The Kier molecular flexibility index (Phi) is 2.52. The Morgan fingerprint density at radius 1 is 1.57 bits per heavy atom. The van der Waals surface area contributed by atoms with Crippen LogP contribution in [-0.2, 0) is 4.74 Å².